The zero-order valence-corrected chi connectivity index (χ0v) is 27.6. The number of benzene rings is 4. The number of rotatable bonds is 7. The summed E-state index contributed by atoms with van der Waals surface area (Å²) in [6.45, 7) is 0.546. The standard InChI is InChI=1S/C39H42N2O8/c1-48-36-16-22(4-12-33(36)44)3-11-32(43)30-15-23-13-14-40-38(17-23)41-31-10-6-25-18-27(42)7-9-28(25)29(31)8-5-24(19-34(30)45)26-20-35(46)39(47)37(21-26)49-2/h4,6-7,9-10,12-13,16-18,20-21,24,30,32,40-44,46-47H,3,5,8,11,14-15,19H2,1-2H3. The number of anilines is 1. The third kappa shape index (κ3) is 7.39. The van der Waals surface area contributed by atoms with Gasteiger partial charge >= 0.3 is 0 Å². The van der Waals surface area contributed by atoms with Crippen LogP contribution in [0.25, 0.3) is 10.8 Å². The van der Waals surface area contributed by atoms with E-state index in [9.17, 15) is 30.3 Å². The van der Waals surface area contributed by atoms with Crippen LogP contribution in [-0.4, -0.2) is 58.2 Å². The number of allylic oxidation sites excluding steroid dienone is 2. The fraction of sp³-hybridized carbons (Fsp3) is 0.308. The van der Waals surface area contributed by atoms with Gasteiger partial charge in [0, 0.05) is 24.6 Å². The Hall–Kier alpha value is -5.35. The van der Waals surface area contributed by atoms with Gasteiger partial charge in [-0.15, -0.1) is 0 Å². The molecule has 2 heterocycles. The van der Waals surface area contributed by atoms with Gasteiger partial charge in [0.15, 0.2) is 23.0 Å². The molecule has 0 spiro atoms. The maximum atomic E-state index is 14.4. The summed E-state index contributed by atoms with van der Waals surface area (Å²) in [5, 5.41) is 61.6. The zero-order chi connectivity index (χ0) is 34.7. The highest BCUT2D eigenvalue weighted by atomic mass is 16.5. The van der Waals surface area contributed by atoms with Crippen LogP contribution in [0, 0.1) is 5.92 Å². The molecule has 3 unspecified atom stereocenters. The minimum atomic E-state index is -0.963. The van der Waals surface area contributed by atoms with Crippen molar-refractivity contribution in [3.8, 4) is 34.5 Å². The fourth-order valence-electron chi connectivity index (χ4n) is 6.94. The lowest BCUT2D eigenvalue weighted by atomic mass is 9.80. The van der Waals surface area contributed by atoms with Gasteiger partial charge in [-0.1, -0.05) is 24.3 Å². The monoisotopic (exact) mass is 666 g/mol. The van der Waals surface area contributed by atoms with Gasteiger partial charge in [0.1, 0.15) is 17.4 Å². The first-order valence-corrected chi connectivity index (χ1v) is 16.5. The lowest BCUT2D eigenvalue weighted by Crippen LogP contribution is -2.31. The number of phenolic OH excluding ortho intramolecular Hbond substituents is 4. The number of hydrogen-bond donors (Lipinski definition) is 7. The van der Waals surface area contributed by atoms with Gasteiger partial charge in [-0.25, -0.2) is 0 Å². The lowest BCUT2D eigenvalue weighted by Gasteiger charge is -2.26. The van der Waals surface area contributed by atoms with E-state index in [1.807, 2.05) is 30.4 Å². The highest BCUT2D eigenvalue weighted by molar-refractivity contribution is 5.91. The van der Waals surface area contributed by atoms with E-state index >= 15 is 0 Å². The third-order valence-corrected chi connectivity index (χ3v) is 9.64. The van der Waals surface area contributed by atoms with Crippen molar-refractivity contribution in [1.82, 2.24) is 5.32 Å². The van der Waals surface area contributed by atoms with E-state index in [2.05, 4.69) is 10.6 Å². The molecule has 10 nitrogen and oxygen atoms in total. The maximum Gasteiger partial charge on any atom is 0.200 e. The number of dihydropyridines is 1. The van der Waals surface area contributed by atoms with Crippen molar-refractivity contribution < 1.29 is 39.8 Å². The number of hydrogen-bond acceptors (Lipinski definition) is 10. The summed E-state index contributed by atoms with van der Waals surface area (Å²) in [5.41, 5.74) is 4.30. The Kier molecular flexibility index (Phi) is 9.87. The summed E-state index contributed by atoms with van der Waals surface area (Å²) in [5.74, 6) is -0.527. The van der Waals surface area contributed by atoms with E-state index < -0.39 is 17.9 Å². The largest absolute Gasteiger partial charge is 0.508 e. The first-order chi connectivity index (χ1) is 23.6. The number of ketones is 1. The van der Waals surface area contributed by atoms with Gasteiger partial charge in [0.05, 0.1) is 20.3 Å². The van der Waals surface area contributed by atoms with Crippen LogP contribution < -0.4 is 20.1 Å². The molecule has 0 fully saturated rings. The van der Waals surface area contributed by atoms with Crippen LogP contribution >= 0.6 is 0 Å². The van der Waals surface area contributed by atoms with Crippen LogP contribution in [0.15, 0.2) is 84.2 Å². The molecule has 6 rings (SSSR count). The van der Waals surface area contributed by atoms with Crippen molar-refractivity contribution in [1.29, 1.82) is 0 Å². The third-order valence-electron chi connectivity index (χ3n) is 9.64. The summed E-state index contributed by atoms with van der Waals surface area (Å²) in [6.07, 6.45) is 5.26. The van der Waals surface area contributed by atoms with Gasteiger partial charge in [0.2, 0.25) is 5.75 Å². The molecule has 256 valence electrons. The number of fused-ring (bicyclic) bond motifs is 4. The molecule has 2 bridgehead atoms. The van der Waals surface area contributed by atoms with Gasteiger partial charge < -0.3 is 45.6 Å². The van der Waals surface area contributed by atoms with Gasteiger partial charge in [0.25, 0.3) is 0 Å². The van der Waals surface area contributed by atoms with Gasteiger partial charge in [-0.05, 0) is 120 Å². The number of nitrogens with one attached hydrogen (secondary N) is 2. The summed E-state index contributed by atoms with van der Waals surface area (Å²) in [4.78, 5) is 14.4. The molecular weight excluding hydrogens is 624 g/mol. The first-order valence-electron chi connectivity index (χ1n) is 16.5. The summed E-state index contributed by atoms with van der Waals surface area (Å²) in [6, 6.07) is 17.4. The molecule has 4 aromatic rings. The topological polar surface area (TPSA) is 161 Å². The summed E-state index contributed by atoms with van der Waals surface area (Å²) >= 11 is 0. The van der Waals surface area contributed by atoms with E-state index in [0.717, 1.165) is 39.0 Å². The zero-order valence-electron chi connectivity index (χ0n) is 27.6. The van der Waals surface area contributed by atoms with Crippen molar-refractivity contribution in [3.63, 3.8) is 0 Å². The molecular formula is C39H42N2O8. The Balaban J connectivity index is 1.38. The number of Topliss-reactive ketones (excluding diaryl/α,β-unsaturated/α-hetero) is 1. The number of carbonyl (C=O) groups is 1. The number of aliphatic hydroxyl groups excluding tert-OH is 1. The first kappa shape index (κ1) is 33.5. The van der Waals surface area contributed by atoms with E-state index in [0.29, 0.717) is 50.0 Å². The number of aromatic hydroxyl groups is 4. The second-order valence-electron chi connectivity index (χ2n) is 12.8. The van der Waals surface area contributed by atoms with Crippen LogP contribution in [0.5, 0.6) is 34.5 Å². The molecule has 0 aliphatic carbocycles. The second-order valence-corrected chi connectivity index (χ2v) is 12.8. The predicted molar refractivity (Wildman–Crippen MR) is 188 cm³/mol. The molecule has 4 aromatic carbocycles. The minimum Gasteiger partial charge on any atom is -0.508 e. The number of phenols is 4. The highest BCUT2D eigenvalue weighted by Gasteiger charge is 2.31. The Morgan fingerprint density at radius 2 is 1.71 bits per heavy atom. The van der Waals surface area contributed by atoms with Crippen LogP contribution in [0.2, 0.25) is 0 Å². The molecule has 10 heteroatoms. The molecule has 0 amide bonds. The van der Waals surface area contributed by atoms with E-state index in [4.69, 9.17) is 9.47 Å². The van der Waals surface area contributed by atoms with Crippen molar-refractivity contribution in [2.45, 2.75) is 50.5 Å². The Labute approximate surface area is 284 Å². The SMILES string of the molecule is COc1cc(CCC(O)C2CC3=CCNC(=C3)Nc3ccc4cc(O)ccc4c3CCC(c3cc(O)c(O)c(OC)c3)CC2=O)ccc1O. The Morgan fingerprint density at radius 1 is 0.898 bits per heavy atom. The smallest absolute Gasteiger partial charge is 0.200 e. The molecule has 7 N–H and O–H groups in total. The van der Waals surface area contributed by atoms with Gasteiger partial charge in [-0.2, -0.15) is 0 Å². The Bertz CT molecular complexity index is 1930. The maximum absolute atomic E-state index is 14.4. The van der Waals surface area contributed by atoms with Crippen LogP contribution in [-0.2, 0) is 17.6 Å². The second kappa shape index (κ2) is 14.4. The molecule has 0 aromatic heterocycles. The number of methoxy groups -OCH3 is 2. The number of carbonyl (C=O) groups excluding carboxylic acids is 1. The lowest BCUT2D eigenvalue weighted by molar-refractivity contribution is -0.127. The van der Waals surface area contributed by atoms with E-state index in [1.54, 1.807) is 36.4 Å². The van der Waals surface area contributed by atoms with Crippen LogP contribution in [0.1, 0.15) is 48.3 Å². The van der Waals surface area contributed by atoms with Crippen molar-refractivity contribution in [2.24, 2.45) is 5.92 Å². The molecule has 0 saturated heterocycles. The van der Waals surface area contributed by atoms with Crippen molar-refractivity contribution >= 4 is 22.2 Å². The quantitative estimate of drug-likeness (QED) is 0.114. The van der Waals surface area contributed by atoms with Crippen LogP contribution in [0.3, 0.4) is 0 Å². The predicted octanol–water partition coefficient (Wildman–Crippen LogP) is 6.15. The number of ether oxygens (including phenoxy) is 2. The van der Waals surface area contributed by atoms with Crippen molar-refractivity contribution in [2.75, 3.05) is 26.1 Å². The number of aryl methyl sites for hydroxylation is 2. The van der Waals surface area contributed by atoms with Crippen molar-refractivity contribution in [3.05, 3.63) is 101 Å². The Morgan fingerprint density at radius 3 is 2.51 bits per heavy atom. The highest BCUT2D eigenvalue weighted by Crippen LogP contribution is 2.42. The minimum absolute atomic E-state index is 0.0301. The molecule has 3 atom stereocenters. The average Bonchev–Trinajstić information content (AvgIpc) is 3.10. The average molecular weight is 667 g/mol. The van der Waals surface area contributed by atoms with E-state index in [1.165, 1.54) is 20.3 Å². The summed E-state index contributed by atoms with van der Waals surface area (Å²) < 4.78 is 10.6. The molecule has 0 radical (unpaired) electrons. The summed E-state index contributed by atoms with van der Waals surface area (Å²) in [7, 11) is 2.88. The number of aliphatic hydroxyl groups is 1. The molecule has 2 aliphatic rings. The van der Waals surface area contributed by atoms with Gasteiger partial charge in [-0.3, -0.25) is 4.79 Å². The molecule has 2 aliphatic heterocycles. The molecule has 0 saturated carbocycles. The normalized spacial score (nSPS) is 18.7. The molecule has 49 heavy (non-hydrogen) atoms. The fourth-order valence-corrected chi connectivity index (χ4v) is 6.94. The van der Waals surface area contributed by atoms with E-state index in [-0.39, 0.29) is 41.0 Å². The van der Waals surface area contributed by atoms with Crippen LogP contribution in [0.4, 0.5) is 5.69 Å².